The number of nitrogens with one attached hydrogen (secondary N) is 1. The molecule has 0 saturated carbocycles. The number of aromatic nitrogens is 2. The van der Waals surface area contributed by atoms with Gasteiger partial charge in [-0.2, -0.15) is 0 Å². The second kappa shape index (κ2) is 8.88. The van der Waals surface area contributed by atoms with Crippen LogP contribution in [-0.2, 0) is 24.8 Å². The highest BCUT2D eigenvalue weighted by molar-refractivity contribution is 6.02. The lowest BCUT2D eigenvalue weighted by Crippen LogP contribution is -2.40. The number of hydrogen-bond donors (Lipinski definition) is 1. The van der Waals surface area contributed by atoms with Crippen molar-refractivity contribution < 1.29 is 4.79 Å². The molecule has 0 bridgehead atoms. The molecule has 4 aromatic rings. The summed E-state index contributed by atoms with van der Waals surface area (Å²) in [5, 5.41) is 4.43. The second-order valence-electron chi connectivity index (χ2n) is 7.70. The van der Waals surface area contributed by atoms with Crippen LogP contribution in [-0.4, -0.2) is 21.4 Å². The Morgan fingerprint density at radius 2 is 1.77 bits per heavy atom. The van der Waals surface area contributed by atoms with Gasteiger partial charge in [0.2, 0.25) is 0 Å². The molecule has 3 heterocycles. The van der Waals surface area contributed by atoms with Gasteiger partial charge in [-0.25, -0.2) is 4.98 Å². The molecule has 4 nitrogen and oxygen atoms in total. The summed E-state index contributed by atoms with van der Waals surface area (Å²) >= 11 is 0. The Labute approximate surface area is 188 Å². The Bertz CT molecular complexity index is 1260. The zero-order chi connectivity index (χ0) is 20.5. The Hall–Kier alpha value is -3.21. The van der Waals surface area contributed by atoms with Crippen LogP contribution in [0.15, 0.2) is 79.0 Å². The first-order valence-electron chi connectivity index (χ1n) is 10.2. The molecule has 0 fully saturated rings. The number of fused-ring (bicyclic) bond motifs is 2. The van der Waals surface area contributed by atoms with E-state index in [1.807, 2.05) is 49.5 Å². The lowest BCUT2D eigenvalue weighted by atomic mass is 9.93. The number of halogens is 1. The van der Waals surface area contributed by atoms with E-state index in [0.29, 0.717) is 0 Å². The van der Waals surface area contributed by atoms with E-state index >= 15 is 0 Å². The number of ketones is 1. The first-order chi connectivity index (χ1) is 14.7. The van der Waals surface area contributed by atoms with Crippen LogP contribution >= 0.6 is 12.4 Å². The van der Waals surface area contributed by atoms with Crippen molar-refractivity contribution in [3.63, 3.8) is 0 Å². The van der Waals surface area contributed by atoms with Gasteiger partial charge in [0.15, 0.2) is 5.78 Å². The van der Waals surface area contributed by atoms with Crippen molar-refractivity contribution >= 4 is 35.3 Å². The number of rotatable bonds is 4. The van der Waals surface area contributed by atoms with E-state index in [9.17, 15) is 4.79 Å². The van der Waals surface area contributed by atoms with Gasteiger partial charge in [-0.15, -0.1) is 12.4 Å². The van der Waals surface area contributed by atoms with Crippen molar-refractivity contribution in [1.29, 1.82) is 0 Å². The summed E-state index contributed by atoms with van der Waals surface area (Å²) in [6.07, 6.45) is 6.21. The fraction of sp³-hybridized carbons (Fsp3) is 0.154. The molecule has 2 aromatic heterocycles. The van der Waals surface area contributed by atoms with E-state index in [0.717, 1.165) is 40.8 Å². The summed E-state index contributed by atoms with van der Waals surface area (Å²) in [5.41, 5.74) is 6.63. The lowest BCUT2D eigenvalue weighted by molar-refractivity contribution is -0.116. The number of nitrogens with zero attached hydrogens (tertiary/aromatic N) is 2. The fourth-order valence-corrected chi connectivity index (χ4v) is 4.34. The third-order valence-electron chi connectivity index (χ3n) is 5.87. The van der Waals surface area contributed by atoms with Gasteiger partial charge in [-0.3, -0.25) is 4.79 Å². The predicted molar refractivity (Wildman–Crippen MR) is 128 cm³/mol. The van der Waals surface area contributed by atoms with E-state index < -0.39 is 0 Å². The minimum absolute atomic E-state index is 0. The van der Waals surface area contributed by atoms with Crippen molar-refractivity contribution in [2.24, 2.45) is 7.05 Å². The van der Waals surface area contributed by atoms with Crippen LogP contribution in [0.4, 0.5) is 0 Å². The molecule has 1 N–H and O–H groups in total. The minimum atomic E-state index is -0.190. The summed E-state index contributed by atoms with van der Waals surface area (Å²) in [5.74, 6) is 0.101. The molecule has 0 amide bonds. The molecule has 1 aliphatic rings. The van der Waals surface area contributed by atoms with Crippen LogP contribution in [0.3, 0.4) is 0 Å². The minimum Gasteiger partial charge on any atom is -0.328 e. The van der Waals surface area contributed by atoms with E-state index in [2.05, 4.69) is 45.2 Å². The fourth-order valence-electron chi connectivity index (χ4n) is 4.34. The first-order valence-corrected chi connectivity index (χ1v) is 10.2. The number of benzene rings is 2. The molecule has 5 rings (SSSR count). The number of hydrogen-bond acceptors (Lipinski definition) is 3. The van der Waals surface area contributed by atoms with Crippen LogP contribution < -0.4 is 5.32 Å². The van der Waals surface area contributed by atoms with Crippen LogP contribution in [0.25, 0.3) is 28.4 Å². The molecule has 1 aliphatic heterocycles. The third kappa shape index (κ3) is 3.92. The molecule has 0 saturated heterocycles. The van der Waals surface area contributed by atoms with Crippen LogP contribution in [0, 0.1) is 0 Å². The van der Waals surface area contributed by atoms with Crippen molar-refractivity contribution in [1.82, 2.24) is 14.9 Å². The molecule has 0 radical (unpaired) electrons. The highest BCUT2D eigenvalue weighted by Gasteiger charge is 2.22. The summed E-state index contributed by atoms with van der Waals surface area (Å²) in [4.78, 5) is 17.6. The maximum atomic E-state index is 13.0. The SMILES string of the molecule is Cl.Cn1c(-c2ccccc2)c(/C=C/C(=O)C2Cc3ccccc3CN2)c2cccnc21. The highest BCUT2D eigenvalue weighted by atomic mass is 35.5. The van der Waals surface area contributed by atoms with Crippen molar-refractivity contribution in [2.45, 2.75) is 19.0 Å². The normalized spacial score (nSPS) is 15.6. The summed E-state index contributed by atoms with van der Waals surface area (Å²) < 4.78 is 2.10. The van der Waals surface area contributed by atoms with Crippen LogP contribution in [0.2, 0.25) is 0 Å². The van der Waals surface area contributed by atoms with Gasteiger partial charge in [0.05, 0.1) is 11.7 Å². The van der Waals surface area contributed by atoms with E-state index in [1.165, 1.54) is 11.1 Å². The van der Waals surface area contributed by atoms with E-state index in [-0.39, 0.29) is 24.2 Å². The van der Waals surface area contributed by atoms with Crippen molar-refractivity contribution in [3.8, 4) is 11.3 Å². The van der Waals surface area contributed by atoms with Crippen molar-refractivity contribution in [2.75, 3.05) is 0 Å². The second-order valence-corrected chi connectivity index (χ2v) is 7.70. The van der Waals surface area contributed by atoms with Gasteiger partial charge in [-0.1, -0.05) is 54.6 Å². The molecule has 5 heteroatoms. The van der Waals surface area contributed by atoms with Gasteiger partial charge >= 0.3 is 0 Å². The zero-order valence-corrected chi connectivity index (χ0v) is 18.1. The molecule has 2 aromatic carbocycles. The van der Waals surface area contributed by atoms with Gasteiger partial charge in [0.1, 0.15) is 5.65 Å². The Kier molecular flexibility index (Phi) is 6.03. The third-order valence-corrected chi connectivity index (χ3v) is 5.87. The molecule has 1 unspecified atom stereocenters. The molecule has 0 spiro atoms. The van der Waals surface area contributed by atoms with Crippen molar-refractivity contribution in [3.05, 3.63) is 95.7 Å². The molecule has 1 atom stereocenters. The number of aryl methyl sites for hydroxylation is 1. The molecule has 31 heavy (non-hydrogen) atoms. The number of carbonyl (C=O) groups is 1. The Morgan fingerprint density at radius 1 is 1.03 bits per heavy atom. The summed E-state index contributed by atoms with van der Waals surface area (Å²) in [6.45, 7) is 0.730. The Balaban J connectivity index is 0.00000231. The maximum Gasteiger partial charge on any atom is 0.172 e. The number of pyridine rings is 1. The zero-order valence-electron chi connectivity index (χ0n) is 17.3. The van der Waals surface area contributed by atoms with Crippen LogP contribution in [0.1, 0.15) is 16.7 Å². The summed E-state index contributed by atoms with van der Waals surface area (Å²) in [7, 11) is 2.02. The average Bonchev–Trinajstić information content (AvgIpc) is 3.09. The quantitative estimate of drug-likeness (QED) is 0.466. The molecule has 0 aliphatic carbocycles. The first kappa shape index (κ1) is 21.0. The molecule has 156 valence electrons. The highest BCUT2D eigenvalue weighted by Crippen LogP contribution is 2.33. The standard InChI is InChI=1S/C26H23N3O.ClH/c1-29-25(18-8-3-2-4-9-18)21(22-12-7-15-27-26(22)29)13-14-24(30)23-16-19-10-5-6-11-20(19)17-28-23;/h2-15,23,28H,16-17H2,1H3;1H/b14-13+;. The summed E-state index contributed by atoms with van der Waals surface area (Å²) in [6, 6.07) is 22.4. The molecular weight excluding hydrogens is 406 g/mol. The van der Waals surface area contributed by atoms with Gasteiger partial charge in [0.25, 0.3) is 0 Å². The van der Waals surface area contributed by atoms with Gasteiger partial charge in [0, 0.05) is 30.7 Å². The van der Waals surface area contributed by atoms with Gasteiger partial charge < -0.3 is 9.88 Å². The van der Waals surface area contributed by atoms with E-state index in [1.54, 1.807) is 12.3 Å². The van der Waals surface area contributed by atoms with Crippen LogP contribution in [0.5, 0.6) is 0 Å². The average molecular weight is 430 g/mol. The lowest BCUT2D eigenvalue weighted by Gasteiger charge is -2.24. The van der Waals surface area contributed by atoms with E-state index in [4.69, 9.17) is 0 Å². The topological polar surface area (TPSA) is 46.9 Å². The molecular formula is C26H24ClN3O. The monoisotopic (exact) mass is 429 g/mol. The number of carbonyl (C=O) groups excluding carboxylic acids is 1. The maximum absolute atomic E-state index is 13.0. The smallest absolute Gasteiger partial charge is 0.172 e. The largest absolute Gasteiger partial charge is 0.328 e. The Morgan fingerprint density at radius 3 is 2.58 bits per heavy atom. The van der Waals surface area contributed by atoms with Gasteiger partial charge in [-0.05, 0) is 47.4 Å². The predicted octanol–water partition coefficient (Wildman–Crippen LogP) is 4.96.